The van der Waals surface area contributed by atoms with Crippen LogP contribution in [0.3, 0.4) is 0 Å². The van der Waals surface area contributed by atoms with E-state index in [1.807, 2.05) is 62.2 Å². The molecule has 0 radical (unpaired) electrons. The van der Waals surface area contributed by atoms with E-state index < -0.39 is 5.54 Å². The second kappa shape index (κ2) is 8.67. The van der Waals surface area contributed by atoms with Crippen LogP contribution in [0.5, 0.6) is 0 Å². The lowest BCUT2D eigenvalue weighted by atomic mass is 9.87. The zero-order chi connectivity index (χ0) is 21.9. The maximum Gasteiger partial charge on any atom is 0.326 e. The van der Waals surface area contributed by atoms with Gasteiger partial charge in [-0.2, -0.15) is 0 Å². The predicted octanol–water partition coefficient (Wildman–Crippen LogP) is 2.60. The van der Waals surface area contributed by atoms with Crippen LogP contribution in [0.2, 0.25) is 0 Å². The Kier molecular flexibility index (Phi) is 6.22. The fourth-order valence-electron chi connectivity index (χ4n) is 3.74. The number of carbonyl (C=O) groups is 3. The Morgan fingerprint density at radius 3 is 2.30 bits per heavy atom. The molecule has 0 unspecified atom stereocenters. The lowest BCUT2D eigenvalue weighted by Gasteiger charge is -2.27. The Hall–Kier alpha value is -3.19. The highest BCUT2D eigenvalue weighted by molar-refractivity contribution is 6.07. The molecule has 158 valence electrons. The van der Waals surface area contributed by atoms with Gasteiger partial charge in [0, 0.05) is 19.2 Å². The van der Waals surface area contributed by atoms with Crippen molar-refractivity contribution in [2.45, 2.75) is 32.4 Å². The number of rotatable bonds is 7. The van der Waals surface area contributed by atoms with Crippen molar-refractivity contribution in [1.82, 2.24) is 20.4 Å². The topological polar surface area (TPSA) is 81.8 Å². The molecule has 3 rings (SSSR count). The van der Waals surface area contributed by atoms with Crippen molar-refractivity contribution in [2.24, 2.45) is 0 Å². The minimum Gasteiger partial charge on any atom is -0.355 e. The van der Waals surface area contributed by atoms with Crippen LogP contribution < -0.4 is 10.6 Å². The number of nitrogens with zero attached hydrogens (tertiary/aromatic N) is 2. The van der Waals surface area contributed by atoms with Gasteiger partial charge in [-0.05, 0) is 43.7 Å². The predicted molar refractivity (Wildman–Crippen MR) is 115 cm³/mol. The van der Waals surface area contributed by atoms with E-state index in [1.54, 1.807) is 19.2 Å². The van der Waals surface area contributed by atoms with Gasteiger partial charge >= 0.3 is 6.03 Å². The molecule has 2 aromatic carbocycles. The van der Waals surface area contributed by atoms with Gasteiger partial charge in [0.05, 0.1) is 6.67 Å². The van der Waals surface area contributed by atoms with Crippen LogP contribution in [0.25, 0.3) is 0 Å². The molecule has 2 aromatic rings. The maximum absolute atomic E-state index is 13.3. The molecule has 1 saturated heterocycles. The van der Waals surface area contributed by atoms with Gasteiger partial charge in [0.15, 0.2) is 0 Å². The van der Waals surface area contributed by atoms with E-state index in [1.165, 1.54) is 4.90 Å². The fourth-order valence-corrected chi connectivity index (χ4v) is 3.74. The van der Waals surface area contributed by atoms with Crippen LogP contribution in [-0.4, -0.2) is 48.4 Å². The largest absolute Gasteiger partial charge is 0.355 e. The second-order valence-corrected chi connectivity index (χ2v) is 7.72. The first kappa shape index (κ1) is 21.5. The third-order valence-corrected chi connectivity index (χ3v) is 5.53. The summed E-state index contributed by atoms with van der Waals surface area (Å²) in [6.45, 7) is 4.60. The first-order valence-corrected chi connectivity index (χ1v) is 10.0. The molecule has 0 aliphatic carbocycles. The van der Waals surface area contributed by atoms with Crippen LogP contribution >= 0.6 is 0 Å². The molecule has 0 bridgehead atoms. The van der Waals surface area contributed by atoms with Crippen LogP contribution in [0, 0.1) is 6.92 Å². The molecular formula is C23H28N4O3. The highest BCUT2D eigenvalue weighted by atomic mass is 16.2. The smallest absolute Gasteiger partial charge is 0.326 e. The minimum absolute atomic E-state index is 0.138. The van der Waals surface area contributed by atoms with Gasteiger partial charge in [-0.1, -0.05) is 48.9 Å². The standard InChI is InChI=1S/C23H28N4O3/c1-5-23(19-12-6-16(2)7-13-19)21(29)27(22(30)25-23)15-26(4)14-17-8-10-18(11-9-17)20(28)24-3/h6-13H,5,14-15H2,1-4H3,(H,24,28)(H,25,30)/t23-/m1/s1. The molecule has 1 atom stereocenters. The van der Waals surface area contributed by atoms with E-state index in [4.69, 9.17) is 0 Å². The third-order valence-electron chi connectivity index (χ3n) is 5.53. The van der Waals surface area contributed by atoms with Crippen molar-refractivity contribution in [3.05, 3.63) is 70.8 Å². The molecule has 2 N–H and O–H groups in total. The number of amides is 4. The maximum atomic E-state index is 13.3. The summed E-state index contributed by atoms with van der Waals surface area (Å²) in [6.07, 6.45) is 0.474. The zero-order valence-corrected chi connectivity index (χ0v) is 17.9. The Morgan fingerprint density at radius 1 is 1.10 bits per heavy atom. The molecular weight excluding hydrogens is 380 g/mol. The highest BCUT2D eigenvalue weighted by Gasteiger charge is 2.51. The molecule has 30 heavy (non-hydrogen) atoms. The van der Waals surface area contributed by atoms with Gasteiger partial charge in [0.25, 0.3) is 11.8 Å². The van der Waals surface area contributed by atoms with E-state index >= 15 is 0 Å². The monoisotopic (exact) mass is 408 g/mol. The summed E-state index contributed by atoms with van der Waals surface area (Å²) < 4.78 is 0. The fraction of sp³-hybridized carbons (Fsp3) is 0.348. The molecule has 4 amide bonds. The van der Waals surface area contributed by atoms with E-state index in [0.29, 0.717) is 18.5 Å². The zero-order valence-electron chi connectivity index (χ0n) is 17.9. The van der Waals surface area contributed by atoms with Crippen LogP contribution in [0.1, 0.15) is 40.4 Å². The van der Waals surface area contributed by atoms with Gasteiger partial charge in [-0.3, -0.25) is 14.5 Å². The molecule has 1 heterocycles. The summed E-state index contributed by atoms with van der Waals surface area (Å²) in [5.74, 6) is -0.373. The van der Waals surface area contributed by atoms with Crippen LogP contribution in [0.4, 0.5) is 4.79 Å². The van der Waals surface area contributed by atoms with E-state index in [2.05, 4.69) is 10.6 Å². The lowest BCUT2D eigenvalue weighted by molar-refractivity contribution is -0.133. The van der Waals surface area contributed by atoms with Gasteiger partial charge in [-0.25, -0.2) is 9.69 Å². The summed E-state index contributed by atoms with van der Waals surface area (Å²) in [4.78, 5) is 40.8. The van der Waals surface area contributed by atoms with Crippen LogP contribution in [0.15, 0.2) is 48.5 Å². The second-order valence-electron chi connectivity index (χ2n) is 7.72. The van der Waals surface area contributed by atoms with Crippen molar-refractivity contribution in [3.63, 3.8) is 0 Å². The molecule has 1 aliphatic rings. The Bertz CT molecular complexity index is 940. The molecule has 0 spiro atoms. The molecule has 7 nitrogen and oxygen atoms in total. The number of imide groups is 1. The van der Waals surface area contributed by atoms with Gasteiger partial charge in [-0.15, -0.1) is 0 Å². The van der Waals surface area contributed by atoms with E-state index in [9.17, 15) is 14.4 Å². The van der Waals surface area contributed by atoms with Crippen molar-refractivity contribution < 1.29 is 14.4 Å². The molecule has 1 fully saturated rings. The Labute approximate surface area is 177 Å². The van der Waals surface area contributed by atoms with Gasteiger partial charge in [0.1, 0.15) is 5.54 Å². The summed E-state index contributed by atoms with van der Waals surface area (Å²) in [5.41, 5.74) is 2.44. The number of benzene rings is 2. The molecule has 7 heteroatoms. The average Bonchev–Trinajstić information content (AvgIpc) is 2.99. The van der Waals surface area contributed by atoms with E-state index in [0.717, 1.165) is 16.7 Å². The summed E-state index contributed by atoms with van der Waals surface area (Å²) in [7, 11) is 3.44. The number of hydrogen-bond acceptors (Lipinski definition) is 4. The number of nitrogens with one attached hydrogen (secondary N) is 2. The normalized spacial score (nSPS) is 18.6. The van der Waals surface area contributed by atoms with Gasteiger partial charge in [0.2, 0.25) is 0 Å². The SMILES string of the molecule is CC[C@]1(c2ccc(C)cc2)NC(=O)N(CN(C)Cc2ccc(C(=O)NC)cc2)C1=O. The third kappa shape index (κ3) is 4.07. The van der Waals surface area contributed by atoms with Crippen molar-refractivity contribution in [1.29, 1.82) is 0 Å². The molecule has 1 aliphatic heterocycles. The van der Waals surface area contributed by atoms with Crippen molar-refractivity contribution >= 4 is 17.8 Å². The summed E-state index contributed by atoms with van der Waals surface area (Å²) in [6, 6.07) is 14.6. The molecule has 0 aromatic heterocycles. The summed E-state index contributed by atoms with van der Waals surface area (Å²) in [5, 5.41) is 5.51. The number of hydrogen-bond donors (Lipinski definition) is 2. The van der Waals surface area contributed by atoms with Crippen molar-refractivity contribution in [2.75, 3.05) is 20.8 Å². The first-order chi connectivity index (χ1) is 14.3. The minimum atomic E-state index is -1.03. The highest BCUT2D eigenvalue weighted by Crippen LogP contribution is 2.32. The summed E-state index contributed by atoms with van der Waals surface area (Å²) >= 11 is 0. The number of urea groups is 1. The molecule has 0 saturated carbocycles. The van der Waals surface area contributed by atoms with Crippen LogP contribution in [-0.2, 0) is 16.9 Å². The Balaban J connectivity index is 1.71. The van der Waals surface area contributed by atoms with E-state index in [-0.39, 0.29) is 24.5 Å². The number of aryl methyl sites for hydroxylation is 1. The average molecular weight is 409 g/mol. The van der Waals surface area contributed by atoms with Gasteiger partial charge < -0.3 is 10.6 Å². The first-order valence-electron chi connectivity index (χ1n) is 10.0. The lowest BCUT2D eigenvalue weighted by Crippen LogP contribution is -2.44. The Morgan fingerprint density at radius 2 is 1.73 bits per heavy atom. The quantitative estimate of drug-likeness (QED) is 0.690. The number of carbonyl (C=O) groups excluding carboxylic acids is 3. The van der Waals surface area contributed by atoms with Crippen molar-refractivity contribution in [3.8, 4) is 0 Å².